The number of fused-ring (bicyclic) bond motifs is 1. The largest absolute Gasteiger partial charge is 0.477 e. The van der Waals surface area contributed by atoms with Crippen molar-refractivity contribution in [1.29, 1.82) is 0 Å². The monoisotopic (exact) mass is 423 g/mol. The van der Waals surface area contributed by atoms with E-state index >= 15 is 0 Å². The number of hydrogen-bond acceptors (Lipinski definition) is 4. The second kappa shape index (κ2) is 10.3. The summed E-state index contributed by atoms with van der Waals surface area (Å²) >= 11 is 0. The maximum atomic E-state index is 13.0. The van der Waals surface area contributed by atoms with Crippen LogP contribution >= 0.6 is 0 Å². The summed E-state index contributed by atoms with van der Waals surface area (Å²) in [6.45, 7) is 8.65. The SMILES string of the molecule is CCc1cccc(C)c1NC(=O)CN1CC(C(=O)NC(CC)CC)Oc2ccccc21. The molecule has 1 atom stereocenters. The van der Waals surface area contributed by atoms with Gasteiger partial charge in [-0.3, -0.25) is 9.59 Å². The van der Waals surface area contributed by atoms with Gasteiger partial charge in [-0.15, -0.1) is 0 Å². The van der Waals surface area contributed by atoms with E-state index in [4.69, 9.17) is 4.74 Å². The van der Waals surface area contributed by atoms with E-state index in [1.807, 2.05) is 54.3 Å². The van der Waals surface area contributed by atoms with Gasteiger partial charge < -0.3 is 20.3 Å². The van der Waals surface area contributed by atoms with Gasteiger partial charge in [0.15, 0.2) is 6.10 Å². The molecule has 0 saturated heterocycles. The van der Waals surface area contributed by atoms with E-state index in [-0.39, 0.29) is 24.4 Å². The van der Waals surface area contributed by atoms with Gasteiger partial charge in [0.2, 0.25) is 5.91 Å². The second-order valence-corrected chi connectivity index (χ2v) is 7.99. The van der Waals surface area contributed by atoms with Crippen LogP contribution in [0, 0.1) is 6.92 Å². The van der Waals surface area contributed by atoms with Gasteiger partial charge in [-0.25, -0.2) is 0 Å². The first-order chi connectivity index (χ1) is 15.0. The van der Waals surface area contributed by atoms with E-state index in [2.05, 4.69) is 31.4 Å². The zero-order chi connectivity index (χ0) is 22.4. The predicted octanol–water partition coefficient (Wildman–Crippen LogP) is 4.07. The molecule has 0 bridgehead atoms. The summed E-state index contributed by atoms with van der Waals surface area (Å²) in [5, 5.41) is 6.14. The van der Waals surface area contributed by atoms with Crippen LogP contribution in [0.1, 0.15) is 44.7 Å². The minimum Gasteiger partial charge on any atom is -0.477 e. The van der Waals surface area contributed by atoms with Crippen LogP contribution in [0.15, 0.2) is 42.5 Å². The number of ether oxygens (including phenoxy) is 1. The third-order valence-electron chi connectivity index (χ3n) is 5.82. The minimum absolute atomic E-state index is 0.111. The summed E-state index contributed by atoms with van der Waals surface area (Å²) in [5.74, 6) is 0.372. The summed E-state index contributed by atoms with van der Waals surface area (Å²) in [6, 6.07) is 13.7. The van der Waals surface area contributed by atoms with Crippen LogP contribution in [0.3, 0.4) is 0 Å². The molecule has 2 amide bonds. The summed E-state index contributed by atoms with van der Waals surface area (Å²) < 4.78 is 5.98. The number of para-hydroxylation sites is 3. The molecule has 1 heterocycles. The van der Waals surface area contributed by atoms with Crippen molar-refractivity contribution >= 4 is 23.2 Å². The fourth-order valence-corrected chi connectivity index (χ4v) is 3.93. The Morgan fingerprint density at radius 2 is 1.84 bits per heavy atom. The highest BCUT2D eigenvalue weighted by atomic mass is 16.5. The summed E-state index contributed by atoms with van der Waals surface area (Å²) in [5.41, 5.74) is 3.85. The minimum atomic E-state index is -0.659. The molecule has 0 spiro atoms. The first-order valence-electron chi connectivity index (χ1n) is 11.2. The van der Waals surface area contributed by atoms with Crippen LogP contribution in [0.25, 0.3) is 0 Å². The van der Waals surface area contributed by atoms with Crippen molar-refractivity contribution in [3.63, 3.8) is 0 Å². The van der Waals surface area contributed by atoms with Gasteiger partial charge in [-0.2, -0.15) is 0 Å². The molecular formula is C25H33N3O3. The molecular weight excluding hydrogens is 390 g/mol. The normalized spacial score (nSPS) is 15.3. The van der Waals surface area contributed by atoms with Gasteiger partial charge in [0.1, 0.15) is 5.75 Å². The maximum Gasteiger partial charge on any atom is 0.263 e. The Bertz CT molecular complexity index is 924. The number of carbonyl (C=O) groups is 2. The van der Waals surface area contributed by atoms with Crippen LogP contribution in [-0.2, 0) is 16.0 Å². The zero-order valence-electron chi connectivity index (χ0n) is 18.9. The van der Waals surface area contributed by atoms with Crippen molar-refractivity contribution in [2.75, 3.05) is 23.3 Å². The molecule has 6 heteroatoms. The maximum absolute atomic E-state index is 13.0. The number of rotatable bonds is 8. The predicted molar refractivity (Wildman–Crippen MR) is 125 cm³/mol. The molecule has 3 rings (SSSR count). The molecule has 2 aromatic carbocycles. The molecule has 6 nitrogen and oxygen atoms in total. The Labute approximate surface area is 185 Å². The zero-order valence-corrected chi connectivity index (χ0v) is 18.9. The molecule has 31 heavy (non-hydrogen) atoms. The number of nitrogens with zero attached hydrogens (tertiary/aromatic N) is 1. The van der Waals surface area contributed by atoms with E-state index in [1.54, 1.807) is 0 Å². The molecule has 1 aliphatic rings. The third-order valence-corrected chi connectivity index (χ3v) is 5.82. The Balaban J connectivity index is 1.76. The Hall–Kier alpha value is -3.02. The van der Waals surface area contributed by atoms with Crippen molar-refractivity contribution in [3.8, 4) is 5.75 Å². The summed E-state index contributed by atoms with van der Waals surface area (Å²) in [7, 11) is 0. The molecule has 2 aromatic rings. The number of hydrogen-bond donors (Lipinski definition) is 2. The molecule has 1 unspecified atom stereocenters. The number of carbonyl (C=O) groups excluding carboxylic acids is 2. The number of nitrogens with one attached hydrogen (secondary N) is 2. The van der Waals surface area contributed by atoms with Gasteiger partial charge in [0, 0.05) is 11.7 Å². The highest BCUT2D eigenvalue weighted by Gasteiger charge is 2.32. The smallest absolute Gasteiger partial charge is 0.263 e. The molecule has 0 fully saturated rings. The van der Waals surface area contributed by atoms with Crippen molar-refractivity contribution in [2.45, 2.75) is 59.1 Å². The van der Waals surface area contributed by atoms with Crippen LogP contribution in [0.2, 0.25) is 0 Å². The number of amides is 2. The van der Waals surface area contributed by atoms with Gasteiger partial charge in [0.25, 0.3) is 5.91 Å². The fraction of sp³-hybridized carbons (Fsp3) is 0.440. The number of anilines is 2. The summed E-state index contributed by atoms with van der Waals surface area (Å²) in [6.07, 6.45) is 1.92. The van der Waals surface area contributed by atoms with Crippen molar-refractivity contribution in [1.82, 2.24) is 5.32 Å². The number of aryl methyl sites for hydroxylation is 2. The molecule has 1 aliphatic heterocycles. The number of benzene rings is 2. The van der Waals surface area contributed by atoms with E-state index in [0.717, 1.165) is 41.8 Å². The lowest BCUT2D eigenvalue weighted by molar-refractivity contribution is -0.129. The molecule has 0 saturated carbocycles. The Morgan fingerprint density at radius 1 is 1.10 bits per heavy atom. The van der Waals surface area contributed by atoms with Gasteiger partial charge in [-0.05, 0) is 49.4 Å². The van der Waals surface area contributed by atoms with Crippen LogP contribution in [0.5, 0.6) is 5.75 Å². The third kappa shape index (κ3) is 5.37. The van der Waals surface area contributed by atoms with Crippen molar-refractivity contribution in [3.05, 3.63) is 53.6 Å². The highest BCUT2D eigenvalue weighted by molar-refractivity contribution is 5.96. The highest BCUT2D eigenvalue weighted by Crippen LogP contribution is 2.33. The Morgan fingerprint density at radius 3 is 2.55 bits per heavy atom. The fourth-order valence-electron chi connectivity index (χ4n) is 3.93. The summed E-state index contributed by atoms with van der Waals surface area (Å²) in [4.78, 5) is 27.7. The molecule has 2 N–H and O–H groups in total. The van der Waals surface area contributed by atoms with E-state index in [1.165, 1.54) is 0 Å². The van der Waals surface area contributed by atoms with Crippen molar-refractivity contribution in [2.24, 2.45) is 0 Å². The molecule has 0 radical (unpaired) electrons. The van der Waals surface area contributed by atoms with E-state index < -0.39 is 6.10 Å². The quantitative estimate of drug-likeness (QED) is 0.672. The van der Waals surface area contributed by atoms with Crippen LogP contribution < -0.4 is 20.3 Å². The lowest BCUT2D eigenvalue weighted by atomic mass is 10.1. The average molecular weight is 424 g/mol. The lowest BCUT2D eigenvalue weighted by Gasteiger charge is -2.35. The van der Waals surface area contributed by atoms with E-state index in [0.29, 0.717) is 12.3 Å². The first kappa shape index (κ1) is 22.7. The van der Waals surface area contributed by atoms with Gasteiger partial charge in [0.05, 0.1) is 18.8 Å². The topological polar surface area (TPSA) is 70.7 Å². The van der Waals surface area contributed by atoms with E-state index in [9.17, 15) is 9.59 Å². The second-order valence-electron chi connectivity index (χ2n) is 7.99. The lowest BCUT2D eigenvalue weighted by Crippen LogP contribution is -2.52. The van der Waals surface area contributed by atoms with Gasteiger partial charge >= 0.3 is 0 Å². The molecule has 0 aliphatic carbocycles. The molecule has 166 valence electrons. The average Bonchev–Trinajstić information content (AvgIpc) is 2.78. The van der Waals surface area contributed by atoms with Crippen molar-refractivity contribution < 1.29 is 14.3 Å². The van der Waals surface area contributed by atoms with Gasteiger partial charge in [-0.1, -0.05) is 51.1 Å². The van der Waals surface area contributed by atoms with Crippen LogP contribution in [-0.4, -0.2) is 37.0 Å². The van der Waals surface area contributed by atoms with Crippen LogP contribution in [0.4, 0.5) is 11.4 Å². The molecule has 0 aromatic heterocycles. The first-order valence-corrected chi connectivity index (χ1v) is 11.2. The standard InChI is InChI=1S/C25H33N3O3/c1-5-18-12-10-11-17(4)24(18)27-23(29)16-28-15-22(25(30)26-19(6-2)7-3)31-21-14-9-8-13-20(21)28/h8-14,19,22H,5-7,15-16H2,1-4H3,(H,26,30)(H,27,29). The Kier molecular flexibility index (Phi) is 7.55.